The highest BCUT2D eigenvalue weighted by Gasteiger charge is 2.63. The first-order chi connectivity index (χ1) is 18.2. The fourth-order valence-corrected chi connectivity index (χ4v) is 6.25. The Morgan fingerprint density at radius 1 is 1.24 bits per heavy atom. The van der Waals surface area contributed by atoms with E-state index in [1.54, 1.807) is 17.9 Å². The molecule has 0 radical (unpaired) electrons. The lowest BCUT2D eigenvalue weighted by molar-refractivity contribution is -0.154. The molecular formula is C24H26FN5O8. The number of benzene rings is 1. The molecule has 4 atom stereocenters. The molecule has 2 aromatic rings. The number of amides is 5. The van der Waals surface area contributed by atoms with Crippen molar-refractivity contribution in [2.24, 2.45) is 5.41 Å². The van der Waals surface area contributed by atoms with Gasteiger partial charge in [-0.3, -0.25) is 20.2 Å². The van der Waals surface area contributed by atoms with E-state index in [4.69, 9.17) is 18.7 Å². The van der Waals surface area contributed by atoms with Gasteiger partial charge in [0.15, 0.2) is 17.1 Å². The smallest absolute Gasteiger partial charge is 0.416 e. The molecule has 1 spiro atoms. The summed E-state index contributed by atoms with van der Waals surface area (Å²) >= 11 is 0. The highest BCUT2D eigenvalue weighted by molar-refractivity contribution is 6.20. The maximum Gasteiger partial charge on any atom is 0.416 e. The molecule has 4 aliphatic rings. The van der Waals surface area contributed by atoms with Crippen LogP contribution in [-0.4, -0.2) is 80.3 Å². The second kappa shape index (κ2) is 8.63. The number of methoxy groups -OCH3 is 1. The van der Waals surface area contributed by atoms with E-state index >= 15 is 4.39 Å². The molecule has 1 aromatic heterocycles. The largest absolute Gasteiger partial charge is 0.447 e. The Morgan fingerprint density at radius 3 is 2.66 bits per heavy atom. The number of rotatable bonds is 4. The molecule has 6 rings (SSSR count). The Hall–Kier alpha value is -3.78. The quantitative estimate of drug-likeness (QED) is 0.551. The summed E-state index contributed by atoms with van der Waals surface area (Å²) in [5.41, 5.74) is -1.46. The Labute approximate surface area is 215 Å². The molecule has 1 aromatic carbocycles. The molecule has 3 saturated heterocycles. The third-order valence-corrected chi connectivity index (χ3v) is 7.86. The fourth-order valence-electron chi connectivity index (χ4n) is 6.25. The van der Waals surface area contributed by atoms with Gasteiger partial charge in [0.05, 0.1) is 42.0 Å². The van der Waals surface area contributed by atoms with Gasteiger partial charge in [0.2, 0.25) is 17.4 Å². The zero-order valence-electron chi connectivity index (χ0n) is 20.9. The molecule has 4 aliphatic heterocycles. The molecule has 202 valence electrons. The van der Waals surface area contributed by atoms with E-state index in [9.17, 15) is 19.2 Å². The number of morpholine rings is 1. The van der Waals surface area contributed by atoms with Crippen molar-refractivity contribution in [3.8, 4) is 0 Å². The zero-order chi connectivity index (χ0) is 26.9. The first-order valence-corrected chi connectivity index (χ1v) is 12.4. The monoisotopic (exact) mass is 531 g/mol. The van der Waals surface area contributed by atoms with Gasteiger partial charge in [-0.05, 0) is 25.0 Å². The summed E-state index contributed by atoms with van der Waals surface area (Å²) in [4.78, 5) is 54.2. The van der Waals surface area contributed by atoms with Crippen LogP contribution in [0.1, 0.15) is 25.8 Å². The number of barbiturate groups is 1. The number of carbonyl (C=O) groups excluding carboxylic acids is 4. The lowest BCUT2D eigenvalue weighted by atomic mass is 9.66. The maximum atomic E-state index is 16.3. The number of imide groups is 2. The van der Waals surface area contributed by atoms with Crippen LogP contribution in [0.25, 0.3) is 11.0 Å². The summed E-state index contributed by atoms with van der Waals surface area (Å²) < 4.78 is 38.2. The second-order valence-corrected chi connectivity index (χ2v) is 9.99. The predicted octanol–water partition coefficient (Wildman–Crippen LogP) is 1.22. The molecule has 4 unspecified atom stereocenters. The Kier molecular flexibility index (Phi) is 5.57. The average Bonchev–Trinajstić information content (AvgIpc) is 3.44. The number of fused-ring (bicyclic) bond motifs is 5. The molecule has 2 N–H and O–H groups in total. The van der Waals surface area contributed by atoms with Crippen molar-refractivity contribution in [3.05, 3.63) is 17.4 Å². The zero-order valence-corrected chi connectivity index (χ0v) is 20.9. The first-order valence-electron chi connectivity index (χ1n) is 12.4. The minimum Gasteiger partial charge on any atom is -0.447 e. The van der Waals surface area contributed by atoms with Crippen LogP contribution in [0.4, 0.5) is 25.5 Å². The van der Waals surface area contributed by atoms with Gasteiger partial charge in [-0.1, -0.05) is 12.1 Å². The van der Waals surface area contributed by atoms with Gasteiger partial charge in [0.25, 0.3) is 0 Å². The second-order valence-electron chi connectivity index (χ2n) is 9.99. The highest BCUT2D eigenvalue weighted by Crippen LogP contribution is 2.50. The van der Waals surface area contributed by atoms with Crippen molar-refractivity contribution >= 4 is 46.4 Å². The maximum absolute atomic E-state index is 16.3. The van der Waals surface area contributed by atoms with Crippen LogP contribution in [0.3, 0.4) is 0 Å². The van der Waals surface area contributed by atoms with Gasteiger partial charge < -0.3 is 23.6 Å². The molecule has 0 saturated carbocycles. The van der Waals surface area contributed by atoms with Crippen LogP contribution >= 0.6 is 0 Å². The van der Waals surface area contributed by atoms with Crippen LogP contribution < -0.4 is 20.4 Å². The summed E-state index contributed by atoms with van der Waals surface area (Å²) in [6, 6.07) is -0.759. The molecule has 38 heavy (non-hydrogen) atoms. The van der Waals surface area contributed by atoms with Crippen LogP contribution in [0.15, 0.2) is 10.6 Å². The fraction of sp³-hybridized carbons (Fsp3) is 0.542. The van der Waals surface area contributed by atoms with Crippen molar-refractivity contribution < 1.29 is 42.3 Å². The lowest BCUT2D eigenvalue weighted by Crippen LogP contribution is -2.75. The molecule has 0 bridgehead atoms. The predicted molar refractivity (Wildman–Crippen MR) is 127 cm³/mol. The van der Waals surface area contributed by atoms with E-state index in [-0.39, 0.29) is 54.8 Å². The van der Waals surface area contributed by atoms with Gasteiger partial charge in [-0.25, -0.2) is 18.9 Å². The summed E-state index contributed by atoms with van der Waals surface area (Å²) in [6.07, 6.45) is -1.24. The number of urea groups is 1. The van der Waals surface area contributed by atoms with Crippen molar-refractivity contribution in [1.29, 1.82) is 0 Å². The normalized spacial score (nSPS) is 28.3. The number of ether oxygens (including phenoxy) is 3. The van der Waals surface area contributed by atoms with Gasteiger partial charge in [-0.2, -0.15) is 0 Å². The van der Waals surface area contributed by atoms with Gasteiger partial charge >= 0.3 is 12.1 Å². The van der Waals surface area contributed by atoms with E-state index in [0.29, 0.717) is 12.0 Å². The molecule has 14 heteroatoms. The van der Waals surface area contributed by atoms with Crippen molar-refractivity contribution in [3.63, 3.8) is 0 Å². The van der Waals surface area contributed by atoms with Crippen LogP contribution in [0.2, 0.25) is 0 Å². The van der Waals surface area contributed by atoms with Gasteiger partial charge in [-0.15, -0.1) is 0 Å². The molecule has 5 heterocycles. The summed E-state index contributed by atoms with van der Waals surface area (Å²) in [6.45, 7) is 4.05. The number of hydrogen-bond donors (Lipinski definition) is 2. The third-order valence-electron chi connectivity index (χ3n) is 7.86. The molecule has 0 aliphatic carbocycles. The SMILES string of the molecule is CCC1CN2c3c(cc4c(N5C(=O)OCC5COC)noc4c3F)CC3(C(=O)NC(=O)NC3=O)C2C(C)O1. The van der Waals surface area contributed by atoms with E-state index in [0.717, 1.165) is 0 Å². The Balaban J connectivity index is 1.55. The molecule has 3 fully saturated rings. The number of carbonyl (C=O) groups is 4. The number of nitrogens with zero attached hydrogens (tertiary/aromatic N) is 3. The number of aromatic nitrogens is 1. The van der Waals surface area contributed by atoms with Crippen molar-refractivity contribution in [1.82, 2.24) is 15.8 Å². The summed E-state index contributed by atoms with van der Waals surface area (Å²) in [7, 11) is 1.48. The van der Waals surface area contributed by atoms with E-state index in [1.807, 2.05) is 6.92 Å². The molecule has 5 amide bonds. The minimum atomic E-state index is -1.78. The Bertz CT molecular complexity index is 1360. The Morgan fingerprint density at radius 2 is 1.97 bits per heavy atom. The number of nitrogens with one attached hydrogen (secondary N) is 2. The summed E-state index contributed by atoms with van der Waals surface area (Å²) in [5.74, 6) is -2.27. The third kappa shape index (κ3) is 3.26. The van der Waals surface area contributed by atoms with Crippen molar-refractivity contribution in [2.75, 3.05) is 36.7 Å². The first kappa shape index (κ1) is 24.6. The molecular weight excluding hydrogens is 505 g/mol. The van der Waals surface area contributed by atoms with Crippen molar-refractivity contribution in [2.45, 2.75) is 51.0 Å². The lowest BCUT2D eigenvalue weighted by Gasteiger charge is -2.55. The highest BCUT2D eigenvalue weighted by atomic mass is 19.1. The number of cyclic esters (lactones) is 1. The standard InChI is InChI=1S/C24H26FN5O8/c1-4-13-7-29-16-11(6-24(18(29)10(2)37-13)20(31)26-22(33)27-21(24)32)5-14-17(15(16)25)38-28-19(14)30-12(8-35-3)9-36-23(30)34/h5,10,12-13,18H,4,6-9H2,1-3H3,(H2,26,27,31,32,33). The van der Waals surface area contributed by atoms with Gasteiger partial charge in [0, 0.05) is 20.1 Å². The van der Waals surface area contributed by atoms with E-state index < -0.39 is 53.4 Å². The van der Waals surface area contributed by atoms with E-state index in [1.165, 1.54) is 12.0 Å². The van der Waals surface area contributed by atoms with Gasteiger partial charge in [0.1, 0.15) is 6.61 Å². The van der Waals surface area contributed by atoms with Crippen LogP contribution in [0, 0.1) is 11.2 Å². The van der Waals surface area contributed by atoms with Crippen LogP contribution in [0.5, 0.6) is 0 Å². The van der Waals surface area contributed by atoms with Crippen LogP contribution in [-0.2, 0) is 30.2 Å². The van der Waals surface area contributed by atoms with E-state index in [2.05, 4.69) is 15.8 Å². The number of hydrogen-bond acceptors (Lipinski definition) is 10. The topological polar surface area (TPSA) is 153 Å². The number of halogens is 1. The average molecular weight is 531 g/mol. The summed E-state index contributed by atoms with van der Waals surface area (Å²) in [5, 5.41) is 8.59. The molecule has 13 nitrogen and oxygen atoms in total. The number of anilines is 2. The minimum absolute atomic E-state index is 0.0388.